The normalized spacial score (nSPS) is 24.3. The number of carbonyl (C=O) groups excluding carboxylic acids is 1. The van der Waals surface area contributed by atoms with Gasteiger partial charge in [0, 0.05) is 11.6 Å². The lowest BCUT2D eigenvalue weighted by atomic mass is 9.51. The highest BCUT2D eigenvalue weighted by Crippen LogP contribution is 2.59. The number of allylic oxidation sites excluding steroid dienone is 1. The summed E-state index contributed by atoms with van der Waals surface area (Å²) in [6.45, 7) is 4.07. The number of nitrogens with zero attached hydrogens (tertiary/aromatic N) is 2. The van der Waals surface area contributed by atoms with Crippen molar-refractivity contribution in [1.29, 1.82) is 0 Å². The second-order valence-electron chi connectivity index (χ2n) is 10.2. The molecule has 3 aliphatic rings. The molecule has 0 N–H and O–H groups in total. The molecule has 0 amide bonds. The molecule has 0 atom stereocenters. The van der Waals surface area contributed by atoms with Gasteiger partial charge in [0.2, 0.25) is 0 Å². The third-order valence-electron chi connectivity index (χ3n) is 8.12. The van der Waals surface area contributed by atoms with Gasteiger partial charge in [-0.05, 0) is 68.3 Å². The highest BCUT2D eigenvalue weighted by molar-refractivity contribution is 5.83. The van der Waals surface area contributed by atoms with E-state index < -0.39 is 5.97 Å². The van der Waals surface area contributed by atoms with Crippen molar-refractivity contribution in [3.05, 3.63) is 54.4 Å². The fourth-order valence-corrected chi connectivity index (χ4v) is 5.95. The summed E-state index contributed by atoms with van der Waals surface area (Å²) in [4.78, 5) is 20.3. The highest BCUT2D eigenvalue weighted by atomic mass is 16.5. The van der Waals surface area contributed by atoms with Crippen LogP contribution in [0.5, 0.6) is 5.75 Å². The Morgan fingerprint density at radius 2 is 1.58 bits per heavy atom. The number of ether oxygens (including phenoxy) is 1. The molecular weight excluding hydrogens is 408 g/mol. The molecule has 1 aromatic heterocycles. The average Bonchev–Trinajstić information content (AvgIpc) is 2.86. The Hall–Kier alpha value is -2.49. The maximum absolute atomic E-state index is 11.6. The van der Waals surface area contributed by atoms with Gasteiger partial charge in [0.05, 0.1) is 12.4 Å². The summed E-state index contributed by atoms with van der Waals surface area (Å²) >= 11 is 0. The van der Waals surface area contributed by atoms with Gasteiger partial charge in [-0.25, -0.2) is 14.8 Å². The van der Waals surface area contributed by atoms with Crippen LogP contribution < -0.4 is 4.74 Å². The molecule has 33 heavy (non-hydrogen) atoms. The minimum atomic E-state index is -0.419. The summed E-state index contributed by atoms with van der Waals surface area (Å²) in [5, 5.41) is 0. The SMILES string of the molecule is CC=CC(=O)Oc1cnc(-c2ccc(C34CCC(CCCCCCC)(CC3)CC4)cc2)nc1. The second kappa shape index (κ2) is 10.6. The highest BCUT2D eigenvalue weighted by Gasteiger charge is 2.48. The van der Waals surface area contributed by atoms with Crippen molar-refractivity contribution < 1.29 is 9.53 Å². The Morgan fingerprint density at radius 3 is 2.18 bits per heavy atom. The predicted octanol–water partition coefficient (Wildman–Crippen LogP) is 7.58. The number of unbranched alkanes of at least 4 members (excludes halogenated alkanes) is 4. The maximum atomic E-state index is 11.6. The summed E-state index contributed by atoms with van der Waals surface area (Å²) in [6.07, 6.45) is 22.8. The lowest BCUT2D eigenvalue weighted by Gasteiger charge is -2.54. The Balaban J connectivity index is 1.35. The zero-order valence-electron chi connectivity index (χ0n) is 20.3. The largest absolute Gasteiger partial charge is 0.420 e. The molecular formula is C29H38N2O2. The zero-order chi connectivity index (χ0) is 23.2. The summed E-state index contributed by atoms with van der Waals surface area (Å²) in [5.74, 6) is 0.591. The minimum absolute atomic E-state index is 0.357. The molecule has 2 bridgehead atoms. The van der Waals surface area contributed by atoms with E-state index in [9.17, 15) is 4.79 Å². The molecule has 4 nitrogen and oxygen atoms in total. The molecule has 0 unspecified atom stereocenters. The van der Waals surface area contributed by atoms with Crippen LogP contribution in [-0.2, 0) is 10.2 Å². The van der Waals surface area contributed by atoms with Crippen LogP contribution >= 0.6 is 0 Å². The molecule has 176 valence electrons. The molecule has 4 heteroatoms. The van der Waals surface area contributed by atoms with Gasteiger partial charge < -0.3 is 4.74 Å². The summed E-state index contributed by atoms with van der Waals surface area (Å²) < 4.78 is 5.18. The minimum Gasteiger partial charge on any atom is -0.420 e. The molecule has 1 heterocycles. The number of esters is 1. The monoisotopic (exact) mass is 446 g/mol. The van der Waals surface area contributed by atoms with Crippen LogP contribution in [0, 0.1) is 5.41 Å². The van der Waals surface area contributed by atoms with E-state index in [0.29, 0.717) is 22.4 Å². The first-order valence-electron chi connectivity index (χ1n) is 12.9. The molecule has 5 rings (SSSR count). The van der Waals surface area contributed by atoms with Crippen molar-refractivity contribution in [2.75, 3.05) is 0 Å². The Labute approximate surface area is 198 Å². The number of fused-ring (bicyclic) bond motifs is 3. The van der Waals surface area contributed by atoms with E-state index in [0.717, 1.165) is 5.56 Å². The molecule has 3 fully saturated rings. The number of carbonyl (C=O) groups is 1. The van der Waals surface area contributed by atoms with Crippen molar-refractivity contribution in [2.45, 2.75) is 96.3 Å². The van der Waals surface area contributed by atoms with Crippen LogP contribution in [-0.4, -0.2) is 15.9 Å². The first kappa shape index (κ1) is 23.7. The van der Waals surface area contributed by atoms with Crippen molar-refractivity contribution >= 4 is 5.97 Å². The van der Waals surface area contributed by atoms with Gasteiger partial charge in [0.15, 0.2) is 11.6 Å². The molecule has 0 radical (unpaired) electrons. The summed E-state index contributed by atoms with van der Waals surface area (Å²) in [5.41, 5.74) is 3.49. The summed E-state index contributed by atoms with van der Waals surface area (Å²) in [7, 11) is 0. The van der Waals surface area contributed by atoms with Crippen LogP contribution in [0.1, 0.15) is 96.5 Å². The first-order chi connectivity index (χ1) is 16.1. The number of aromatic nitrogens is 2. The molecule has 0 saturated heterocycles. The molecule has 2 aromatic rings. The van der Waals surface area contributed by atoms with Crippen LogP contribution in [0.15, 0.2) is 48.8 Å². The van der Waals surface area contributed by atoms with Gasteiger partial charge in [0.25, 0.3) is 0 Å². The Morgan fingerprint density at radius 1 is 0.939 bits per heavy atom. The number of rotatable bonds is 10. The van der Waals surface area contributed by atoms with Crippen LogP contribution in [0.3, 0.4) is 0 Å². The molecule has 0 aliphatic heterocycles. The van der Waals surface area contributed by atoms with Crippen LogP contribution in [0.25, 0.3) is 11.4 Å². The van der Waals surface area contributed by atoms with Gasteiger partial charge in [-0.2, -0.15) is 0 Å². The fraction of sp³-hybridized carbons (Fsp3) is 0.552. The smallest absolute Gasteiger partial charge is 0.335 e. The third kappa shape index (κ3) is 5.54. The Kier molecular flexibility index (Phi) is 7.62. The van der Waals surface area contributed by atoms with Crippen molar-refractivity contribution in [3.8, 4) is 17.1 Å². The van der Waals surface area contributed by atoms with E-state index in [2.05, 4.69) is 41.2 Å². The van der Waals surface area contributed by atoms with Crippen LogP contribution in [0.2, 0.25) is 0 Å². The van der Waals surface area contributed by atoms with E-state index in [4.69, 9.17) is 4.74 Å². The maximum Gasteiger partial charge on any atom is 0.335 e. The Bertz CT molecular complexity index is 922. The molecule has 0 spiro atoms. The van der Waals surface area contributed by atoms with E-state index in [1.165, 1.54) is 88.7 Å². The van der Waals surface area contributed by atoms with Gasteiger partial charge in [-0.3, -0.25) is 0 Å². The second-order valence-corrected chi connectivity index (χ2v) is 10.2. The van der Waals surface area contributed by atoms with Crippen molar-refractivity contribution in [2.24, 2.45) is 5.41 Å². The van der Waals surface area contributed by atoms with Crippen molar-refractivity contribution in [1.82, 2.24) is 9.97 Å². The van der Waals surface area contributed by atoms with Crippen molar-refractivity contribution in [3.63, 3.8) is 0 Å². The van der Waals surface area contributed by atoms with E-state index in [1.54, 1.807) is 25.4 Å². The average molecular weight is 447 g/mol. The van der Waals surface area contributed by atoms with Crippen LogP contribution in [0.4, 0.5) is 0 Å². The zero-order valence-corrected chi connectivity index (χ0v) is 20.3. The van der Waals surface area contributed by atoms with Gasteiger partial charge in [-0.15, -0.1) is 0 Å². The molecule has 3 aliphatic carbocycles. The fourth-order valence-electron chi connectivity index (χ4n) is 5.95. The van der Waals surface area contributed by atoms with Gasteiger partial charge in [-0.1, -0.05) is 69.4 Å². The number of hydrogen-bond donors (Lipinski definition) is 0. The van der Waals surface area contributed by atoms with Gasteiger partial charge in [0.1, 0.15) is 0 Å². The summed E-state index contributed by atoms with van der Waals surface area (Å²) in [6, 6.07) is 8.88. The standard InChI is InChI=1S/C29H38N2O2/c1-3-5-6-7-8-14-28-15-18-29(19-16-28,20-17-28)24-12-10-23(11-13-24)27-30-21-25(22-31-27)33-26(32)9-4-2/h4,9-13,21-22H,3,5-8,14-20H2,1-2H3. The third-order valence-corrected chi connectivity index (χ3v) is 8.12. The lowest BCUT2D eigenvalue weighted by Crippen LogP contribution is -2.44. The topological polar surface area (TPSA) is 52.1 Å². The lowest BCUT2D eigenvalue weighted by molar-refractivity contribution is -0.129. The number of hydrogen-bond acceptors (Lipinski definition) is 4. The number of benzene rings is 1. The van der Waals surface area contributed by atoms with E-state index in [-0.39, 0.29) is 0 Å². The molecule has 1 aromatic carbocycles. The first-order valence-corrected chi connectivity index (χ1v) is 12.9. The predicted molar refractivity (Wildman–Crippen MR) is 133 cm³/mol. The molecule has 3 saturated carbocycles. The quantitative estimate of drug-likeness (QED) is 0.214. The van der Waals surface area contributed by atoms with E-state index >= 15 is 0 Å². The van der Waals surface area contributed by atoms with Gasteiger partial charge >= 0.3 is 5.97 Å². The van der Waals surface area contributed by atoms with E-state index in [1.807, 2.05) is 0 Å².